The number of nitrogens with zero attached hydrogens (tertiary/aromatic N) is 2. The van der Waals surface area contributed by atoms with Crippen LogP contribution in [-0.4, -0.2) is 27.6 Å². The molecule has 0 aliphatic rings. The second-order valence-corrected chi connectivity index (χ2v) is 4.28. The Morgan fingerprint density at radius 3 is 2.89 bits per heavy atom. The SMILES string of the molecule is COC(=O)c1cc(-c2nc3ccccc3n2C)c[nH]1. The molecule has 1 aromatic carbocycles. The van der Waals surface area contributed by atoms with Crippen molar-refractivity contribution in [3.63, 3.8) is 0 Å². The van der Waals surface area contributed by atoms with E-state index in [-0.39, 0.29) is 5.97 Å². The minimum Gasteiger partial charge on any atom is -0.464 e. The van der Waals surface area contributed by atoms with E-state index in [1.807, 2.05) is 35.9 Å². The number of benzene rings is 1. The second-order valence-electron chi connectivity index (χ2n) is 4.28. The first-order valence-electron chi connectivity index (χ1n) is 5.89. The van der Waals surface area contributed by atoms with Crippen LogP contribution in [0.25, 0.3) is 22.4 Å². The van der Waals surface area contributed by atoms with Crippen molar-refractivity contribution in [2.45, 2.75) is 0 Å². The third kappa shape index (κ3) is 1.79. The van der Waals surface area contributed by atoms with E-state index in [0.717, 1.165) is 22.4 Å². The Kier molecular flexibility index (Phi) is 2.59. The molecule has 3 rings (SSSR count). The fourth-order valence-corrected chi connectivity index (χ4v) is 2.15. The van der Waals surface area contributed by atoms with Gasteiger partial charge in [-0.3, -0.25) is 0 Å². The van der Waals surface area contributed by atoms with E-state index in [4.69, 9.17) is 0 Å². The summed E-state index contributed by atoms with van der Waals surface area (Å²) in [5.74, 6) is 0.428. The zero-order chi connectivity index (χ0) is 13.4. The molecule has 0 saturated heterocycles. The third-order valence-electron chi connectivity index (χ3n) is 3.13. The predicted molar refractivity (Wildman–Crippen MR) is 71.8 cm³/mol. The Morgan fingerprint density at radius 2 is 2.16 bits per heavy atom. The smallest absolute Gasteiger partial charge is 0.354 e. The van der Waals surface area contributed by atoms with Crippen molar-refractivity contribution < 1.29 is 9.53 Å². The number of esters is 1. The zero-order valence-corrected chi connectivity index (χ0v) is 10.7. The lowest BCUT2D eigenvalue weighted by Gasteiger charge is -1.98. The molecule has 1 N–H and O–H groups in total. The van der Waals surface area contributed by atoms with E-state index < -0.39 is 0 Å². The van der Waals surface area contributed by atoms with Crippen LogP contribution in [0.1, 0.15) is 10.5 Å². The van der Waals surface area contributed by atoms with Crippen LogP contribution in [0.4, 0.5) is 0 Å². The minimum atomic E-state index is -0.384. The van der Waals surface area contributed by atoms with Crippen molar-refractivity contribution in [1.29, 1.82) is 0 Å². The number of rotatable bonds is 2. The van der Waals surface area contributed by atoms with Crippen LogP contribution in [0.3, 0.4) is 0 Å². The maximum absolute atomic E-state index is 11.4. The Labute approximate surface area is 109 Å². The molecule has 96 valence electrons. The van der Waals surface area contributed by atoms with Crippen molar-refractivity contribution in [3.8, 4) is 11.4 Å². The van der Waals surface area contributed by atoms with Crippen LogP contribution >= 0.6 is 0 Å². The molecule has 0 aliphatic carbocycles. The van der Waals surface area contributed by atoms with Crippen molar-refractivity contribution in [1.82, 2.24) is 14.5 Å². The summed E-state index contributed by atoms with van der Waals surface area (Å²) in [4.78, 5) is 18.9. The first-order chi connectivity index (χ1) is 9.20. The number of methoxy groups -OCH3 is 1. The molecule has 0 spiro atoms. The number of carbonyl (C=O) groups excluding carboxylic acids is 1. The summed E-state index contributed by atoms with van der Waals surface area (Å²) in [5.41, 5.74) is 3.27. The van der Waals surface area contributed by atoms with Gasteiger partial charge in [0, 0.05) is 18.8 Å². The highest BCUT2D eigenvalue weighted by atomic mass is 16.5. The van der Waals surface area contributed by atoms with Gasteiger partial charge in [-0.15, -0.1) is 0 Å². The molecule has 0 saturated carbocycles. The Morgan fingerprint density at radius 1 is 1.37 bits per heavy atom. The molecule has 0 aliphatic heterocycles. The highest BCUT2D eigenvalue weighted by Crippen LogP contribution is 2.24. The van der Waals surface area contributed by atoms with E-state index in [1.165, 1.54) is 7.11 Å². The quantitative estimate of drug-likeness (QED) is 0.715. The first-order valence-corrected chi connectivity index (χ1v) is 5.89. The number of hydrogen-bond acceptors (Lipinski definition) is 3. The second kappa shape index (κ2) is 4.28. The minimum absolute atomic E-state index is 0.384. The largest absolute Gasteiger partial charge is 0.464 e. The standard InChI is InChI=1S/C14H13N3O2/c1-17-12-6-4-3-5-10(12)16-13(17)9-7-11(15-8-9)14(18)19-2/h3-8,15H,1-2H3. The Balaban J connectivity index is 2.11. The molecule has 19 heavy (non-hydrogen) atoms. The average Bonchev–Trinajstić information content (AvgIpc) is 3.04. The molecule has 0 atom stereocenters. The van der Waals surface area contributed by atoms with Gasteiger partial charge in [0.1, 0.15) is 11.5 Å². The van der Waals surface area contributed by atoms with Crippen LogP contribution in [0.2, 0.25) is 0 Å². The number of H-pyrrole nitrogens is 1. The lowest BCUT2D eigenvalue weighted by atomic mass is 10.3. The van der Waals surface area contributed by atoms with Crippen LogP contribution in [0, 0.1) is 0 Å². The highest BCUT2D eigenvalue weighted by molar-refractivity contribution is 5.89. The predicted octanol–water partition coefficient (Wildman–Crippen LogP) is 2.35. The molecule has 0 radical (unpaired) electrons. The van der Waals surface area contributed by atoms with E-state index in [0.29, 0.717) is 5.69 Å². The maximum Gasteiger partial charge on any atom is 0.354 e. The number of nitrogens with one attached hydrogen (secondary N) is 1. The van der Waals surface area contributed by atoms with Crippen molar-refractivity contribution >= 4 is 17.0 Å². The first kappa shape index (κ1) is 11.5. The summed E-state index contributed by atoms with van der Waals surface area (Å²) >= 11 is 0. The maximum atomic E-state index is 11.4. The molecular weight excluding hydrogens is 242 g/mol. The van der Waals surface area contributed by atoms with Gasteiger partial charge in [-0.25, -0.2) is 9.78 Å². The molecule has 3 aromatic rings. The van der Waals surface area contributed by atoms with Crippen molar-refractivity contribution in [3.05, 3.63) is 42.2 Å². The highest BCUT2D eigenvalue weighted by Gasteiger charge is 2.14. The third-order valence-corrected chi connectivity index (χ3v) is 3.13. The number of aryl methyl sites for hydroxylation is 1. The molecule has 0 unspecified atom stereocenters. The fraction of sp³-hybridized carbons (Fsp3) is 0.143. The van der Waals surface area contributed by atoms with Crippen LogP contribution in [-0.2, 0) is 11.8 Å². The van der Waals surface area contributed by atoms with Gasteiger partial charge >= 0.3 is 5.97 Å². The number of para-hydroxylation sites is 2. The number of aromatic nitrogens is 3. The lowest BCUT2D eigenvalue weighted by Crippen LogP contribution is -2.00. The molecule has 5 heteroatoms. The van der Waals surface area contributed by atoms with Gasteiger partial charge in [0.25, 0.3) is 0 Å². The van der Waals surface area contributed by atoms with Gasteiger partial charge in [0.15, 0.2) is 0 Å². The molecule has 0 bridgehead atoms. The van der Waals surface area contributed by atoms with Gasteiger partial charge < -0.3 is 14.3 Å². The van der Waals surface area contributed by atoms with Crippen LogP contribution in [0.5, 0.6) is 0 Å². The molecule has 2 aromatic heterocycles. The number of ether oxygens (including phenoxy) is 1. The van der Waals surface area contributed by atoms with Crippen LogP contribution < -0.4 is 0 Å². The number of fused-ring (bicyclic) bond motifs is 1. The number of imidazole rings is 1. The molecule has 0 fully saturated rings. The Bertz CT molecular complexity index is 755. The summed E-state index contributed by atoms with van der Waals surface area (Å²) in [5, 5.41) is 0. The van der Waals surface area contributed by atoms with Gasteiger partial charge in [-0.1, -0.05) is 12.1 Å². The van der Waals surface area contributed by atoms with Gasteiger partial charge in [0.2, 0.25) is 0 Å². The zero-order valence-electron chi connectivity index (χ0n) is 10.7. The lowest BCUT2D eigenvalue weighted by molar-refractivity contribution is 0.0595. The summed E-state index contributed by atoms with van der Waals surface area (Å²) < 4.78 is 6.68. The summed E-state index contributed by atoms with van der Waals surface area (Å²) in [7, 11) is 3.31. The van der Waals surface area contributed by atoms with E-state index in [1.54, 1.807) is 12.3 Å². The Hall–Kier alpha value is -2.56. The molecule has 2 heterocycles. The number of hydrogen-bond donors (Lipinski definition) is 1. The number of aromatic amines is 1. The van der Waals surface area contributed by atoms with E-state index in [2.05, 4.69) is 14.7 Å². The van der Waals surface area contributed by atoms with Crippen molar-refractivity contribution in [2.24, 2.45) is 7.05 Å². The molecular formula is C14H13N3O2. The summed E-state index contributed by atoms with van der Waals surface area (Å²) in [6.07, 6.45) is 1.76. The summed E-state index contributed by atoms with van der Waals surface area (Å²) in [6, 6.07) is 9.65. The van der Waals surface area contributed by atoms with Crippen LogP contribution in [0.15, 0.2) is 36.5 Å². The normalized spacial score (nSPS) is 10.8. The summed E-state index contributed by atoms with van der Waals surface area (Å²) in [6.45, 7) is 0. The van der Waals surface area contributed by atoms with Gasteiger partial charge in [-0.2, -0.15) is 0 Å². The fourth-order valence-electron chi connectivity index (χ4n) is 2.15. The van der Waals surface area contributed by atoms with E-state index >= 15 is 0 Å². The molecule has 0 amide bonds. The monoisotopic (exact) mass is 255 g/mol. The number of carbonyl (C=O) groups is 1. The van der Waals surface area contributed by atoms with E-state index in [9.17, 15) is 4.79 Å². The average molecular weight is 255 g/mol. The topological polar surface area (TPSA) is 59.9 Å². The van der Waals surface area contributed by atoms with Crippen molar-refractivity contribution in [2.75, 3.05) is 7.11 Å². The molecule has 5 nitrogen and oxygen atoms in total. The van der Waals surface area contributed by atoms with Gasteiger partial charge in [0.05, 0.1) is 18.1 Å². The van der Waals surface area contributed by atoms with Gasteiger partial charge in [-0.05, 0) is 18.2 Å².